The molecule has 0 atom stereocenters. The van der Waals surface area contributed by atoms with E-state index in [0.29, 0.717) is 167 Å². The molecular weight excluding hydrogens is 1650 g/mol. The highest BCUT2D eigenvalue weighted by molar-refractivity contribution is 5.82. The Hall–Kier alpha value is -16.5. The summed E-state index contributed by atoms with van der Waals surface area (Å²) < 4.78 is 93.5. The van der Waals surface area contributed by atoms with Crippen LogP contribution in [0.15, 0.2) is 413 Å². The molecule has 0 saturated carbocycles. The van der Waals surface area contributed by atoms with Crippen LogP contribution >= 0.6 is 0 Å². The van der Waals surface area contributed by atoms with E-state index in [0.717, 1.165) is 66.8 Å². The molecular formula is C116H98O16. The highest BCUT2D eigenvalue weighted by Gasteiger charge is 2.21. The topological polar surface area (TPSA) is 170 Å². The van der Waals surface area contributed by atoms with Crippen LogP contribution in [0.2, 0.25) is 0 Å². The van der Waals surface area contributed by atoms with Crippen molar-refractivity contribution in [1.29, 1.82) is 0 Å². The molecule has 0 radical (unpaired) electrons. The molecule has 0 unspecified atom stereocenters. The fourth-order valence-corrected chi connectivity index (χ4v) is 14.7. The van der Waals surface area contributed by atoms with Crippen molar-refractivity contribution >= 4 is 0 Å². The molecule has 17 rings (SSSR count). The predicted molar refractivity (Wildman–Crippen MR) is 511 cm³/mol. The van der Waals surface area contributed by atoms with Crippen molar-refractivity contribution in [1.82, 2.24) is 0 Å². The summed E-state index contributed by atoms with van der Waals surface area (Å²) in [6.07, 6.45) is 0. The number of benzene rings is 17. The smallest absolute Gasteiger partial charge is 0.128 e. The number of phenolic OH excluding ortho intramolecular Hbond substituents is 2. The molecule has 0 aromatic heterocycles. The Bertz CT molecular complexity index is 5560. The SMILES string of the molecule is Oc1ccc(-c2cc(OCc3cc(OCc4cc(OCc5ccccc5)cc(OCc5ccccc5)c4)cc(OCc4cc(OCc5ccccc5)cc(OCc5ccccc5)c4)c3)c(-c3ccc(O)cc3)cc2OCc2cc(OCc3cc(OCc4ccccc4)cc(OCc4ccccc4)c3)cc(OCc3cc(OCc4ccccc4)cc(OCc4ccccc4)c3)c2)cc1. The average molecular weight is 1750 g/mol. The zero-order valence-corrected chi connectivity index (χ0v) is 72.8. The van der Waals surface area contributed by atoms with Gasteiger partial charge in [-0.05, 0) is 198 Å². The maximum Gasteiger partial charge on any atom is 0.128 e. The highest BCUT2D eigenvalue weighted by Crippen LogP contribution is 2.44. The van der Waals surface area contributed by atoms with Crippen molar-refractivity contribution in [3.63, 3.8) is 0 Å². The molecule has 658 valence electrons. The maximum atomic E-state index is 10.9. The summed E-state index contributed by atoms with van der Waals surface area (Å²) in [5.74, 6) is 7.95. The summed E-state index contributed by atoms with van der Waals surface area (Å²) >= 11 is 0. The summed E-state index contributed by atoms with van der Waals surface area (Å²) in [6, 6.07) is 133. The van der Waals surface area contributed by atoms with Gasteiger partial charge in [0.1, 0.15) is 184 Å². The van der Waals surface area contributed by atoms with E-state index in [1.807, 2.05) is 388 Å². The van der Waals surface area contributed by atoms with Gasteiger partial charge in [-0.15, -0.1) is 0 Å². The van der Waals surface area contributed by atoms with E-state index >= 15 is 0 Å². The van der Waals surface area contributed by atoms with Gasteiger partial charge in [-0.3, -0.25) is 0 Å². The molecule has 0 aliphatic rings. The Morgan fingerprint density at radius 1 is 0.129 bits per heavy atom. The van der Waals surface area contributed by atoms with Crippen LogP contribution in [0.3, 0.4) is 0 Å². The monoisotopic (exact) mass is 1750 g/mol. The number of hydrogen-bond acceptors (Lipinski definition) is 16. The summed E-state index contributed by atoms with van der Waals surface area (Å²) in [7, 11) is 0. The van der Waals surface area contributed by atoms with Gasteiger partial charge in [0.05, 0.1) is 0 Å². The molecule has 2 N–H and O–H groups in total. The Morgan fingerprint density at radius 2 is 0.265 bits per heavy atom. The molecule has 0 heterocycles. The van der Waals surface area contributed by atoms with Crippen LogP contribution in [-0.2, 0) is 92.5 Å². The van der Waals surface area contributed by atoms with E-state index in [-0.39, 0.29) is 51.1 Å². The number of phenols is 2. The lowest BCUT2D eigenvalue weighted by atomic mass is 9.97. The first-order chi connectivity index (χ1) is 65.0. The first-order valence-electron chi connectivity index (χ1n) is 43.8. The van der Waals surface area contributed by atoms with Crippen molar-refractivity contribution in [3.8, 4) is 114 Å². The quantitative estimate of drug-likeness (QED) is 0.0369. The van der Waals surface area contributed by atoms with Crippen LogP contribution < -0.4 is 66.3 Å². The van der Waals surface area contributed by atoms with Crippen LogP contribution in [0.5, 0.6) is 92.0 Å². The molecule has 0 amide bonds. The van der Waals surface area contributed by atoms with Gasteiger partial charge in [0.2, 0.25) is 0 Å². The Morgan fingerprint density at radius 3 is 0.417 bits per heavy atom. The minimum atomic E-state index is 0.00403. The second-order valence-electron chi connectivity index (χ2n) is 31.7. The van der Waals surface area contributed by atoms with E-state index in [1.54, 1.807) is 24.3 Å². The van der Waals surface area contributed by atoms with Crippen molar-refractivity contribution in [3.05, 3.63) is 490 Å². The second-order valence-corrected chi connectivity index (χ2v) is 31.7. The van der Waals surface area contributed by atoms with Gasteiger partial charge >= 0.3 is 0 Å². The van der Waals surface area contributed by atoms with Crippen molar-refractivity contribution in [2.24, 2.45) is 0 Å². The lowest BCUT2D eigenvalue weighted by Gasteiger charge is -2.20. The van der Waals surface area contributed by atoms with Gasteiger partial charge in [0.15, 0.2) is 0 Å². The van der Waals surface area contributed by atoms with Crippen molar-refractivity contribution in [2.75, 3.05) is 0 Å². The number of rotatable bonds is 44. The number of aromatic hydroxyl groups is 2. The molecule has 0 bridgehead atoms. The largest absolute Gasteiger partial charge is 0.508 e. The highest BCUT2D eigenvalue weighted by atomic mass is 16.5. The second kappa shape index (κ2) is 44.8. The molecule has 0 fully saturated rings. The zero-order valence-electron chi connectivity index (χ0n) is 72.8. The van der Waals surface area contributed by atoms with E-state index < -0.39 is 0 Å². The molecule has 0 spiro atoms. The van der Waals surface area contributed by atoms with E-state index in [9.17, 15) is 10.2 Å². The molecule has 17 aromatic rings. The Balaban J connectivity index is 0.698. The summed E-state index contributed by atoms with van der Waals surface area (Å²) in [5.41, 5.74) is 15.4. The zero-order chi connectivity index (χ0) is 89.5. The minimum absolute atomic E-state index is 0.00403. The Labute approximate surface area is 769 Å². The minimum Gasteiger partial charge on any atom is -0.508 e. The maximum absolute atomic E-state index is 10.9. The molecule has 16 heteroatoms. The first kappa shape index (κ1) is 87.6. The standard InChI is InChI=1S/C116H98O16/c117-99-45-41-97(42-46-99)113-68-116(132-82-96-59-111(129-79-93-53-105(123-73-87-33-17-5-18-34-87)63-106(54-93)124-74-88-35-19-6-20-36-88)66-112(60-96)130-80-94-55-107(125-75-89-37-21-7-22-38-89)64-108(56-94)126-76-90-39-23-8-24-40-90)114(98-43-47-100(118)48-44-98)67-115(113)131-81-95-57-109(127-77-91-49-101(119-69-83-25-9-1-10-26-83)61-102(50-91)120-70-84-27-11-2-12-28-84)65-110(58-95)128-78-92-51-103(121-71-85-29-13-3-14-30-85)62-104(52-92)122-72-86-31-15-4-16-32-86/h1-68,117-118H,69-82H2. The lowest BCUT2D eigenvalue weighted by Crippen LogP contribution is -2.05. The number of hydrogen-bond donors (Lipinski definition) is 2. The normalized spacial score (nSPS) is 10.9. The van der Waals surface area contributed by atoms with Gasteiger partial charge in [-0.25, -0.2) is 0 Å². The van der Waals surface area contributed by atoms with Crippen LogP contribution in [0.25, 0.3) is 22.3 Å². The van der Waals surface area contributed by atoms with Crippen LogP contribution in [0.4, 0.5) is 0 Å². The molecule has 0 saturated heterocycles. The molecule has 132 heavy (non-hydrogen) atoms. The molecule has 0 aliphatic carbocycles. The fourth-order valence-electron chi connectivity index (χ4n) is 14.7. The number of ether oxygens (including phenoxy) is 14. The van der Waals surface area contributed by atoms with Gasteiger partial charge < -0.3 is 76.5 Å². The fraction of sp³-hybridized carbons (Fsp3) is 0.121. The predicted octanol–water partition coefficient (Wildman–Crippen LogP) is 26.5. The van der Waals surface area contributed by atoms with E-state index in [4.69, 9.17) is 66.3 Å². The third kappa shape index (κ3) is 26.4. The third-order valence-corrected chi connectivity index (χ3v) is 21.5. The van der Waals surface area contributed by atoms with Gasteiger partial charge in [-0.2, -0.15) is 0 Å². The Kier molecular flexibility index (Phi) is 29.7. The summed E-state index contributed by atoms with van der Waals surface area (Å²) in [4.78, 5) is 0. The van der Waals surface area contributed by atoms with E-state index in [2.05, 4.69) is 0 Å². The van der Waals surface area contributed by atoms with E-state index in [1.165, 1.54) is 0 Å². The van der Waals surface area contributed by atoms with Gasteiger partial charge in [0.25, 0.3) is 0 Å². The van der Waals surface area contributed by atoms with Crippen LogP contribution in [-0.4, -0.2) is 10.2 Å². The molecule has 0 aliphatic heterocycles. The molecule has 17 aromatic carbocycles. The van der Waals surface area contributed by atoms with Crippen LogP contribution in [0.1, 0.15) is 77.9 Å². The van der Waals surface area contributed by atoms with Crippen molar-refractivity contribution in [2.45, 2.75) is 92.5 Å². The summed E-state index contributed by atoms with van der Waals surface area (Å²) in [6.45, 7) is 3.21. The molecule has 16 nitrogen and oxygen atoms in total. The summed E-state index contributed by atoms with van der Waals surface area (Å²) in [5, 5.41) is 21.8. The lowest BCUT2D eigenvalue weighted by molar-refractivity contribution is 0.272. The average Bonchev–Trinajstić information content (AvgIpc) is 0.776. The first-order valence-corrected chi connectivity index (χ1v) is 43.8. The van der Waals surface area contributed by atoms with Crippen molar-refractivity contribution < 1.29 is 76.5 Å². The van der Waals surface area contributed by atoms with Crippen LogP contribution in [0, 0.1) is 0 Å². The third-order valence-electron chi connectivity index (χ3n) is 21.5. The van der Waals surface area contributed by atoms with Gasteiger partial charge in [-0.1, -0.05) is 267 Å². The van der Waals surface area contributed by atoms with Gasteiger partial charge in [0, 0.05) is 47.5 Å².